The number of benzene rings is 1. The quantitative estimate of drug-likeness (QED) is 0.782. The second kappa shape index (κ2) is 5.53. The van der Waals surface area contributed by atoms with E-state index in [4.69, 9.17) is 10.3 Å². The van der Waals surface area contributed by atoms with E-state index in [0.717, 1.165) is 4.88 Å². The molecule has 21 heavy (non-hydrogen) atoms. The summed E-state index contributed by atoms with van der Waals surface area (Å²) >= 11 is 1.45. The predicted octanol–water partition coefficient (Wildman–Crippen LogP) is 4.25. The number of para-hydroxylation sites is 1. The van der Waals surface area contributed by atoms with Gasteiger partial charge < -0.3 is 15.0 Å². The van der Waals surface area contributed by atoms with E-state index in [1.165, 1.54) is 17.4 Å². The Morgan fingerprint density at radius 1 is 1.19 bits per heavy atom. The van der Waals surface area contributed by atoms with Crippen molar-refractivity contribution in [3.63, 3.8) is 0 Å². The third kappa shape index (κ3) is 2.59. The van der Waals surface area contributed by atoms with Crippen LogP contribution in [0.4, 0.5) is 14.7 Å². The summed E-state index contributed by atoms with van der Waals surface area (Å²) in [5, 5.41) is 5.77. The van der Waals surface area contributed by atoms with Gasteiger partial charge in [0.25, 0.3) is 0 Å². The molecule has 0 radical (unpaired) electrons. The van der Waals surface area contributed by atoms with E-state index in [1.54, 1.807) is 18.2 Å². The fraction of sp³-hybridized carbons (Fsp3) is 0.0714. The topological polar surface area (TPSA) is 61.3 Å². The van der Waals surface area contributed by atoms with Crippen molar-refractivity contribution >= 4 is 17.2 Å². The third-order valence-corrected chi connectivity index (χ3v) is 3.73. The molecular formula is C14H10F2N2O2S. The van der Waals surface area contributed by atoms with Gasteiger partial charge in [0.2, 0.25) is 5.88 Å². The first-order valence-corrected chi connectivity index (χ1v) is 6.88. The summed E-state index contributed by atoms with van der Waals surface area (Å²) in [5.41, 5.74) is 7.17. The number of alkyl halides is 2. The zero-order valence-electron chi connectivity index (χ0n) is 10.6. The summed E-state index contributed by atoms with van der Waals surface area (Å²) in [5.74, 6) is 0.165. The fourth-order valence-electron chi connectivity index (χ4n) is 2.01. The number of anilines is 1. The fourth-order valence-corrected chi connectivity index (χ4v) is 2.78. The number of thiophene rings is 1. The van der Waals surface area contributed by atoms with E-state index < -0.39 is 6.61 Å². The Balaban J connectivity index is 2.14. The molecule has 0 bridgehead atoms. The standard InChI is InChI=1S/C14H10F2N2O2S/c15-14(16)19-9-5-2-1-4-8(9)12-11(13(17)20-18-12)10-6-3-7-21-10/h1-7,14H,17H2. The lowest BCUT2D eigenvalue weighted by Gasteiger charge is -2.09. The lowest BCUT2D eigenvalue weighted by Crippen LogP contribution is -2.03. The number of nitrogens with two attached hydrogens (primary N) is 1. The minimum absolute atomic E-state index is 0.0265. The van der Waals surface area contributed by atoms with Crippen LogP contribution in [0.3, 0.4) is 0 Å². The van der Waals surface area contributed by atoms with Gasteiger partial charge in [-0.25, -0.2) is 0 Å². The Labute approximate surface area is 122 Å². The van der Waals surface area contributed by atoms with E-state index in [1.807, 2.05) is 17.5 Å². The summed E-state index contributed by atoms with van der Waals surface area (Å²) in [4.78, 5) is 0.843. The maximum Gasteiger partial charge on any atom is 0.387 e. The molecule has 2 aromatic heterocycles. The minimum Gasteiger partial charge on any atom is -0.434 e. The van der Waals surface area contributed by atoms with Gasteiger partial charge in [0.15, 0.2) is 0 Å². The van der Waals surface area contributed by atoms with Crippen molar-refractivity contribution in [1.29, 1.82) is 0 Å². The third-order valence-electron chi connectivity index (χ3n) is 2.84. The Kier molecular flexibility index (Phi) is 3.57. The van der Waals surface area contributed by atoms with Gasteiger partial charge in [-0.15, -0.1) is 11.3 Å². The number of nitrogens with zero attached hydrogens (tertiary/aromatic N) is 1. The summed E-state index contributed by atoms with van der Waals surface area (Å²) < 4.78 is 34.6. The normalized spacial score (nSPS) is 11.0. The summed E-state index contributed by atoms with van der Waals surface area (Å²) in [6.45, 7) is -2.92. The van der Waals surface area contributed by atoms with Gasteiger partial charge in [-0.1, -0.05) is 23.4 Å². The lowest BCUT2D eigenvalue weighted by molar-refractivity contribution is -0.0494. The van der Waals surface area contributed by atoms with Crippen LogP contribution < -0.4 is 10.5 Å². The molecule has 2 heterocycles. The van der Waals surface area contributed by atoms with Crippen molar-refractivity contribution in [2.24, 2.45) is 0 Å². The van der Waals surface area contributed by atoms with E-state index >= 15 is 0 Å². The smallest absolute Gasteiger partial charge is 0.387 e. The van der Waals surface area contributed by atoms with Crippen LogP contribution >= 0.6 is 11.3 Å². The van der Waals surface area contributed by atoms with E-state index in [0.29, 0.717) is 16.8 Å². The second-order valence-electron chi connectivity index (χ2n) is 4.12. The van der Waals surface area contributed by atoms with Crippen LogP contribution in [0.5, 0.6) is 5.75 Å². The van der Waals surface area contributed by atoms with Gasteiger partial charge in [0.1, 0.15) is 11.4 Å². The first-order chi connectivity index (χ1) is 10.2. The van der Waals surface area contributed by atoms with E-state index in [-0.39, 0.29) is 11.6 Å². The predicted molar refractivity (Wildman–Crippen MR) is 76.3 cm³/mol. The zero-order valence-corrected chi connectivity index (χ0v) is 11.4. The molecule has 1 aromatic carbocycles. The number of nitrogen functional groups attached to an aromatic ring is 1. The molecule has 3 aromatic rings. The number of hydrogen-bond acceptors (Lipinski definition) is 5. The SMILES string of the molecule is Nc1onc(-c2ccccc2OC(F)F)c1-c1cccs1. The van der Waals surface area contributed by atoms with Crippen molar-refractivity contribution in [3.05, 3.63) is 41.8 Å². The van der Waals surface area contributed by atoms with Gasteiger partial charge in [-0.2, -0.15) is 8.78 Å². The number of halogens is 2. The van der Waals surface area contributed by atoms with Crippen LogP contribution in [0.1, 0.15) is 0 Å². The molecule has 4 nitrogen and oxygen atoms in total. The molecule has 0 saturated carbocycles. The average Bonchev–Trinajstić information content (AvgIpc) is 3.07. The highest BCUT2D eigenvalue weighted by Crippen LogP contribution is 2.41. The molecule has 0 aliphatic rings. The Hall–Kier alpha value is -2.41. The van der Waals surface area contributed by atoms with Gasteiger partial charge in [0.05, 0.1) is 5.56 Å². The first-order valence-electron chi connectivity index (χ1n) is 6.00. The molecule has 7 heteroatoms. The summed E-state index contributed by atoms with van der Waals surface area (Å²) in [6.07, 6.45) is 0. The van der Waals surface area contributed by atoms with E-state index in [2.05, 4.69) is 9.89 Å². The van der Waals surface area contributed by atoms with Crippen molar-refractivity contribution in [2.75, 3.05) is 5.73 Å². The Morgan fingerprint density at radius 2 is 2.00 bits per heavy atom. The van der Waals surface area contributed by atoms with Crippen molar-refractivity contribution in [2.45, 2.75) is 6.61 Å². The minimum atomic E-state index is -2.92. The Bertz CT molecular complexity index is 741. The molecule has 0 unspecified atom stereocenters. The van der Waals surface area contributed by atoms with Crippen LogP contribution in [-0.2, 0) is 0 Å². The molecule has 0 atom stereocenters. The summed E-state index contributed by atoms with van der Waals surface area (Å²) in [7, 11) is 0. The van der Waals surface area contributed by atoms with Gasteiger partial charge in [-0.05, 0) is 23.6 Å². The van der Waals surface area contributed by atoms with Gasteiger partial charge in [0, 0.05) is 10.4 Å². The van der Waals surface area contributed by atoms with Crippen molar-refractivity contribution in [1.82, 2.24) is 5.16 Å². The molecule has 2 N–H and O–H groups in total. The van der Waals surface area contributed by atoms with Gasteiger partial charge >= 0.3 is 6.61 Å². The largest absolute Gasteiger partial charge is 0.434 e. The zero-order chi connectivity index (χ0) is 14.8. The lowest BCUT2D eigenvalue weighted by atomic mass is 10.1. The van der Waals surface area contributed by atoms with Crippen LogP contribution in [0, 0.1) is 0 Å². The highest BCUT2D eigenvalue weighted by atomic mass is 32.1. The molecule has 0 aliphatic carbocycles. The molecule has 3 rings (SSSR count). The molecule has 0 aliphatic heterocycles. The molecule has 0 spiro atoms. The molecule has 0 fully saturated rings. The monoisotopic (exact) mass is 308 g/mol. The highest BCUT2D eigenvalue weighted by molar-refractivity contribution is 7.13. The van der Waals surface area contributed by atoms with E-state index in [9.17, 15) is 8.78 Å². The van der Waals surface area contributed by atoms with Crippen LogP contribution in [0.15, 0.2) is 46.3 Å². The van der Waals surface area contributed by atoms with Crippen molar-refractivity contribution < 1.29 is 18.0 Å². The Morgan fingerprint density at radius 3 is 2.71 bits per heavy atom. The van der Waals surface area contributed by atoms with Crippen molar-refractivity contribution in [3.8, 4) is 27.4 Å². The number of ether oxygens (including phenoxy) is 1. The second-order valence-corrected chi connectivity index (χ2v) is 5.07. The number of aromatic nitrogens is 1. The summed E-state index contributed by atoms with van der Waals surface area (Å²) in [6, 6.07) is 10.1. The first kappa shape index (κ1) is 13.6. The number of hydrogen-bond donors (Lipinski definition) is 1. The highest BCUT2D eigenvalue weighted by Gasteiger charge is 2.21. The molecule has 108 valence electrons. The van der Waals surface area contributed by atoms with Crippen LogP contribution in [-0.4, -0.2) is 11.8 Å². The molecular weight excluding hydrogens is 298 g/mol. The average molecular weight is 308 g/mol. The number of rotatable bonds is 4. The molecule has 0 amide bonds. The maximum absolute atomic E-state index is 12.5. The maximum atomic E-state index is 12.5. The van der Waals surface area contributed by atoms with Gasteiger partial charge in [-0.3, -0.25) is 0 Å². The molecule has 0 saturated heterocycles. The van der Waals surface area contributed by atoms with Crippen LogP contribution in [0.2, 0.25) is 0 Å². The van der Waals surface area contributed by atoms with Crippen LogP contribution in [0.25, 0.3) is 21.7 Å².